The fourth-order valence-electron chi connectivity index (χ4n) is 1.58. The van der Waals surface area contributed by atoms with Crippen LogP contribution in [0.15, 0.2) is 12.1 Å². The van der Waals surface area contributed by atoms with Crippen molar-refractivity contribution in [1.82, 2.24) is 5.32 Å². The summed E-state index contributed by atoms with van der Waals surface area (Å²) in [5.41, 5.74) is 1.04. The highest BCUT2D eigenvalue weighted by molar-refractivity contribution is 7.90. The van der Waals surface area contributed by atoms with Crippen molar-refractivity contribution in [3.63, 3.8) is 0 Å². The van der Waals surface area contributed by atoms with Gasteiger partial charge in [0.15, 0.2) is 0 Å². The molecule has 3 nitrogen and oxygen atoms in total. The molecule has 0 amide bonds. The quantitative estimate of drug-likeness (QED) is 0.918. The highest BCUT2D eigenvalue weighted by atomic mass is 35.5. The summed E-state index contributed by atoms with van der Waals surface area (Å²) in [6, 6.07) is 2.35. The van der Waals surface area contributed by atoms with Crippen molar-refractivity contribution in [2.24, 2.45) is 0 Å². The first-order valence-electron chi connectivity index (χ1n) is 5.05. The zero-order valence-corrected chi connectivity index (χ0v) is 11.5. The van der Waals surface area contributed by atoms with Crippen LogP contribution in [0.1, 0.15) is 17.2 Å². The van der Waals surface area contributed by atoms with Crippen molar-refractivity contribution in [2.45, 2.75) is 13.0 Å². The topological polar surface area (TPSA) is 46.2 Å². The Bertz CT molecular complexity index is 516. The van der Waals surface area contributed by atoms with E-state index in [1.807, 2.05) is 0 Å². The van der Waals surface area contributed by atoms with Gasteiger partial charge in [-0.25, -0.2) is 12.8 Å². The van der Waals surface area contributed by atoms with Gasteiger partial charge in [-0.15, -0.1) is 0 Å². The van der Waals surface area contributed by atoms with E-state index >= 15 is 0 Å². The molecular weight excluding hydrogens is 265 g/mol. The van der Waals surface area contributed by atoms with Crippen LogP contribution in [0.2, 0.25) is 5.02 Å². The zero-order chi connectivity index (χ0) is 13.2. The van der Waals surface area contributed by atoms with Gasteiger partial charge in [0.1, 0.15) is 15.7 Å². The fourth-order valence-corrected chi connectivity index (χ4v) is 2.81. The molecule has 1 unspecified atom stereocenters. The Morgan fingerprint density at radius 1 is 1.47 bits per heavy atom. The SMILES string of the molecule is CNC(CS(C)(=O)=O)c1cc(C)c(F)cc1Cl. The molecule has 1 N–H and O–H groups in total. The van der Waals surface area contributed by atoms with E-state index in [9.17, 15) is 12.8 Å². The number of halogens is 2. The van der Waals surface area contributed by atoms with Crippen LogP contribution in [-0.2, 0) is 9.84 Å². The standard InChI is InChI=1S/C11H15ClFNO2S/c1-7-4-8(9(12)5-10(7)13)11(14-2)6-17(3,15)16/h4-5,11,14H,6H2,1-3H3. The van der Waals surface area contributed by atoms with Crippen molar-refractivity contribution < 1.29 is 12.8 Å². The average molecular weight is 280 g/mol. The largest absolute Gasteiger partial charge is 0.312 e. The summed E-state index contributed by atoms with van der Waals surface area (Å²) < 4.78 is 35.8. The number of rotatable bonds is 4. The molecule has 1 aromatic rings. The van der Waals surface area contributed by atoms with Crippen LogP contribution >= 0.6 is 11.6 Å². The van der Waals surface area contributed by atoms with E-state index in [0.717, 1.165) is 6.26 Å². The Hall–Kier alpha value is -0.650. The third-order valence-electron chi connectivity index (χ3n) is 2.47. The normalized spacial score (nSPS) is 13.7. The van der Waals surface area contributed by atoms with Gasteiger partial charge in [-0.2, -0.15) is 0 Å². The monoisotopic (exact) mass is 279 g/mol. The second kappa shape index (κ2) is 5.33. The molecule has 0 aliphatic heterocycles. The minimum Gasteiger partial charge on any atom is -0.312 e. The highest BCUT2D eigenvalue weighted by Gasteiger charge is 2.19. The molecule has 1 atom stereocenters. The molecule has 96 valence electrons. The summed E-state index contributed by atoms with van der Waals surface area (Å²) in [5.74, 6) is -0.471. The molecule has 0 radical (unpaired) electrons. The second-order valence-corrected chi connectivity index (χ2v) is 6.65. The molecule has 0 spiro atoms. The number of benzene rings is 1. The van der Waals surface area contributed by atoms with Gasteiger partial charge < -0.3 is 5.32 Å². The number of hydrogen-bond acceptors (Lipinski definition) is 3. The molecule has 0 saturated carbocycles. The van der Waals surface area contributed by atoms with Crippen LogP contribution in [0.4, 0.5) is 4.39 Å². The summed E-state index contributed by atoms with van der Waals surface area (Å²) in [7, 11) is -1.49. The van der Waals surface area contributed by atoms with Crippen molar-refractivity contribution in [1.29, 1.82) is 0 Å². The molecule has 0 fully saturated rings. The second-order valence-electron chi connectivity index (χ2n) is 4.06. The maximum absolute atomic E-state index is 13.2. The third kappa shape index (κ3) is 3.94. The lowest BCUT2D eigenvalue weighted by atomic mass is 10.1. The van der Waals surface area contributed by atoms with E-state index < -0.39 is 21.7 Å². The van der Waals surface area contributed by atoms with Gasteiger partial charge in [0.2, 0.25) is 0 Å². The summed E-state index contributed by atoms with van der Waals surface area (Å²) in [6.07, 6.45) is 1.15. The van der Waals surface area contributed by atoms with Crippen molar-refractivity contribution in [3.05, 3.63) is 34.1 Å². The van der Waals surface area contributed by atoms with E-state index in [0.29, 0.717) is 11.1 Å². The molecule has 0 saturated heterocycles. The molecule has 17 heavy (non-hydrogen) atoms. The van der Waals surface area contributed by atoms with Crippen molar-refractivity contribution in [2.75, 3.05) is 19.1 Å². The first-order valence-corrected chi connectivity index (χ1v) is 7.49. The predicted octanol–water partition coefficient (Wildman–Crippen LogP) is 2.09. The van der Waals surface area contributed by atoms with Crippen LogP contribution in [0.5, 0.6) is 0 Å². The molecule has 6 heteroatoms. The average Bonchev–Trinajstić information content (AvgIpc) is 2.19. The lowest BCUT2D eigenvalue weighted by molar-refractivity contribution is 0.577. The van der Waals surface area contributed by atoms with E-state index in [4.69, 9.17) is 11.6 Å². The number of hydrogen-bond donors (Lipinski definition) is 1. The lowest BCUT2D eigenvalue weighted by Crippen LogP contribution is -2.25. The van der Waals surface area contributed by atoms with Gasteiger partial charge in [-0.1, -0.05) is 17.7 Å². The van der Waals surface area contributed by atoms with Gasteiger partial charge in [0.05, 0.1) is 5.75 Å². The minimum absolute atomic E-state index is 0.0751. The fraction of sp³-hybridized carbons (Fsp3) is 0.455. The summed E-state index contributed by atoms with van der Waals surface area (Å²) in [5, 5.41) is 3.11. The van der Waals surface area contributed by atoms with E-state index in [1.165, 1.54) is 6.07 Å². The van der Waals surface area contributed by atoms with Crippen LogP contribution in [-0.4, -0.2) is 27.5 Å². The molecule has 0 bridgehead atoms. The van der Waals surface area contributed by atoms with Crippen molar-refractivity contribution in [3.8, 4) is 0 Å². The maximum Gasteiger partial charge on any atom is 0.149 e. The van der Waals surface area contributed by atoms with Crippen LogP contribution in [0, 0.1) is 12.7 Å². The van der Waals surface area contributed by atoms with E-state index in [2.05, 4.69) is 5.32 Å². The Balaban J connectivity index is 3.17. The number of aryl methyl sites for hydroxylation is 1. The maximum atomic E-state index is 13.2. The highest BCUT2D eigenvalue weighted by Crippen LogP contribution is 2.26. The molecule has 0 aliphatic rings. The number of nitrogens with one attached hydrogen (secondary N) is 1. The lowest BCUT2D eigenvalue weighted by Gasteiger charge is -2.17. The van der Waals surface area contributed by atoms with Gasteiger partial charge in [-0.3, -0.25) is 0 Å². The van der Waals surface area contributed by atoms with Gasteiger partial charge in [0.25, 0.3) is 0 Å². The predicted molar refractivity (Wildman–Crippen MR) is 67.7 cm³/mol. The van der Waals surface area contributed by atoms with E-state index in [-0.39, 0.29) is 10.8 Å². The van der Waals surface area contributed by atoms with E-state index in [1.54, 1.807) is 20.0 Å². The molecular formula is C11H15ClFNO2S. The van der Waals surface area contributed by atoms with Crippen molar-refractivity contribution >= 4 is 21.4 Å². The smallest absolute Gasteiger partial charge is 0.149 e. The third-order valence-corrected chi connectivity index (χ3v) is 3.74. The summed E-state index contributed by atoms with van der Waals surface area (Å²) in [6.45, 7) is 1.61. The van der Waals surface area contributed by atoms with Gasteiger partial charge >= 0.3 is 0 Å². The molecule has 0 aromatic heterocycles. The molecule has 0 heterocycles. The Morgan fingerprint density at radius 3 is 2.53 bits per heavy atom. The van der Waals surface area contributed by atoms with Crippen LogP contribution < -0.4 is 5.32 Å². The minimum atomic E-state index is -3.14. The first kappa shape index (κ1) is 14.4. The summed E-state index contributed by atoms with van der Waals surface area (Å²) >= 11 is 5.93. The molecule has 1 aromatic carbocycles. The molecule has 1 rings (SSSR count). The van der Waals surface area contributed by atoms with Crippen LogP contribution in [0.3, 0.4) is 0 Å². The van der Waals surface area contributed by atoms with Gasteiger partial charge in [-0.05, 0) is 31.2 Å². The Morgan fingerprint density at radius 2 is 2.06 bits per heavy atom. The van der Waals surface area contributed by atoms with Crippen LogP contribution in [0.25, 0.3) is 0 Å². The Labute approximate surface area is 106 Å². The zero-order valence-electron chi connectivity index (χ0n) is 9.92. The van der Waals surface area contributed by atoms with Gasteiger partial charge in [0, 0.05) is 17.3 Å². The number of sulfone groups is 1. The Kier molecular flexibility index (Phi) is 4.52. The summed E-state index contributed by atoms with van der Waals surface area (Å²) in [4.78, 5) is 0. The first-order chi connectivity index (χ1) is 7.74. The molecule has 0 aliphatic carbocycles.